The van der Waals surface area contributed by atoms with Gasteiger partial charge in [0.05, 0.1) is 11.3 Å². The van der Waals surface area contributed by atoms with Crippen LogP contribution in [0.1, 0.15) is 10.4 Å². The van der Waals surface area contributed by atoms with Gasteiger partial charge in [-0.05, 0) is 23.6 Å². The van der Waals surface area contributed by atoms with E-state index in [0.717, 1.165) is 14.9 Å². The number of benzene rings is 1. The fourth-order valence-electron chi connectivity index (χ4n) is 1.51. The van der Waals surface area contributed by atoms with Crippen molar-refractivity contribution in [3.8, 4) is 6.07 Å². The van der Waals surface area contributed by atoms with Gasteiger partial charge in [0.1, 0.15) is 6.07 Å². The zero-order chi connectivity index (χ0) is 13.1. The summed E-state index contributed by atoms with van der Waals surface area (Å²) in [7, 11) is 0. The number of nitrogens with zero attached hydrogens (tertiary/aromatic N) is 1. The lowest BCUT2D eigenvalue weighted by atomic mass is 10.1. The van der Waals surface area contributed by atoms with Gasteiger partial charge in [0.15, 0.2) is 0 Å². The van der Waals surface area contributed by atoms with E-state index in [1.807, 2.05) is 17.5 Å². The Balaban J connectivity index is 2.58. The number of allylic oxidation sites excluding steroid dienone is 1. The third kappa shape index (κ3) is 2.59. The normalized spacial score (nSPS) is 11.8. The van der Waals surface area contributed by atoms with Crippen molar-refractivity contribution in [2.45, 2.75) is 0 Å². The highest BCUT2D eigenvalue weighted by Crippen LogP contribution is 2.31. The first-order valence-electron chi connectivity index (χ1n) is 5.02. The first kappa shape index (κ1) is 13.2. The monoisotopic (exact) mass is 338 g/mol. The zero-order valence-electron chi connectivity index (χ0n) is 9.15. The minimum absolute atomic E-state index is 0.448. The molecule has 0 unspecified atom stereocenters. The lowest BCUT2D eigenvalue weighted by Crippen LogP contribution is -2.00. The Bertz CT molecular complexity index is 642. The highest BCUT2D eigenvalue weighted by atomic mass is 79.9. The highest BCUT2D eigenvalue weighted by Gasteiger charge is 2.12. The molecule has 0 spiro atoms. The van der Waals surface area contributed by atoms with Crippen LogP contribution < -0.4 is 5.73 Å². The Morgan fingerprint density at radius 1 is 1.39 bits per heavy atom. The fourth-order valence-corrected chi connectivity index (χ4v) is 3.14. The van der Waals surface area contributed by atoms with E-state index in [9.17, 15) is 5.26 Å². The molecular weight excluding hydrogens is 332 g/mol. The standard InChI is InChI=1S/C13H8BrClN2S/c14-11-6-8(15)3-4-9(11)13(17)10(7-16)12-2-1-5-18-12/h1-6H,17H2/b13-10-. The molecule has 1 aromatic carbocycles. The molecular formula is C13H8BrClN2S. The molecule has 2 N–H and O–H groups in total. The van der Waals surface area contributed by atoms with Crippen LogP contribution in [0.2, 0.25) is 5.02 Å². The fraction of sp³-hybridized carbons (Fsp3) is 0. The Labute approximate surface area is 122 Å². The third-order valence-electron chi connectivity index (χ3n) is 2.37. The van der Waals surface area contributed by atoms with Crippen molar-refractivity contribution in [1.82, 2.24) is 0 Å². The molecule has 2 rings (SSSR count). The van der Waals surface area contributed by atoms with E-state index in [1.54, 1.807) is 18.2 Å². The summed E-state index contributed by atoms with van der Waals surface area (Å²) in [6.07, 6.45) is 0. The number of hydrogen-bond donors (Lipinski definition) is 1. The van der Waals surface area contributed by atoms with Gasteiger partial charge in [-0.3, -0.25) is 0 Å². The summed E-state index contributed by atoms with van der Waals surface area (Å²) in [6.45, 7) is 0. The maximum atomic E-state index is 9.25. The molecule has 0 radical (unpaired) electrons. The van der Waals surface area contributed by atoms with Crippen molar-refractivity contribution >= 4 is 50.1 Å². The lowest BCUT2D eigenvalue weighted by molar-refractivity contribution is 1.47. The molecule has 2 nitrogen and oxygen atoms in total. The van der Waals surface area contributed by atoms with E-state index >= 15 is 0 Å². The number of nitrogens with two attached hydrogens (primary N) is 1. The lowest BCUT2D eigenvalue weighted by Gasteiger charge is -2.07. The van der Waals surface area contributed by atoms with Gasteiger partial charge < -0.3 is 5.73 Å². The van der Waals surface area contributed by atoms with Crippen molar-refractivity contribution in [3.05, 3.63) is 55.6 Å². The van der Waals surface area contributed by atoms with Gasteiger partial charge in [0.2, 0.25) is 0 Å². The van der Waals surface area contributed by atoms with Crippen LogP contribution in [0.25, 0.3) is 11.3 Å². The maximum absolute atomic E-state index is 9.25. The van der Waals surface area contributed by atoms with E-state index in [1.165, 1.54) is 11.3 Å². The minimum atomic E-state index is 0.448. The summed E-state index contributed by atoms with van der Waals surface area (Å²) in [5.74, 6) is 0. The summed E-state index contributed by atoms with van der Waals surface area (Å²) in [5.41, 5.74) is 7.78. The van der Waals surface area contributed by atoms with Crippen LogP contribution in [-0.4, -0.2) is 0 Å². The van der Waals surface area contributed by atoms with Gasteiger partial charge in [0.25, 0.3) is 0 Å². The largest absolute Gasteiger partial charge is 0.397 e. The zero-order valence-corrected chi connectivity index (χ0v) is 12.3. The number of nitriles is 1. The van der Waals surface area contributed by atoms with Gasteiger partial charge in [-0.25, -0.2) is 0 Å². The number of rotatable bonds is 2. The van der Waals surface area contributed by atoms with Crippen LogP contribution >= 0.6 is 38.9 Å². The molecule has 5 heteroatoms. The predicted octanol–water partition coefficient (Wildman–Crippen LogP) is 4.51. The molecule has 18 heavy (non-hydrogen) atoms. The van der Waals surface area contributed by atoms with Crippen LogP contribution in [-0.2, 0) is 0 Å². The van der Waals surface area contributed by atoms with E-state index < -0.39 is 0 Å². The first-order valence-corrected chi connectivity index (χ1v) is 7.07. The van der Waals surface area contributed by atoms with Crippen molar-refractivity contribution in [1.29, 1.82) is 5.26 Å². The van der Waals surface area contributed by atoms with Gasteiger partial charge in [-0.15, -0.1) is 11.3 Å². The molecule has 0 amide bonds. The quantitative estimate of drug-likeness (QED) is 0.818. The second kappa shape index (κ2) is 5.57. The molecule has 1 aromatic heterocycles. The Morgan fingerprint density at radius 3 is 2.72 bits per heavy atom. The van der Waals surface area contributed by atoms with Crippen LogP contribution in [0.3, 0.4) is 0 Å². The van der Waals surface area contributed by atoms with Gasteiger partial charge in [-0.1, -0.05) is 39.7 Å². The second-order valence-electron chi connectivity index (χ2n) is 3.50. The van der Waals surface area contributed by atoms with Crippen molar-refractivity contribution < 1.29 is 0 Å². The van der Waals surface area contributed by atoms with Crippen molar-refractivity contribution in [3.63, 3.8) is 0 Å². The number of hydrogen-bond acceptors (Lipinski definition) is 3. The Hall–Kier alpha value is -1.28. The van der Waals surface area contributed by atoms with Crippen LogP contribution in [0.4, 0.5) is 0 Å². The van der Waals surface area contributed by atoms with E-state index in [2.05, 4.69) is 22.0 Å². The molecule has 0 atom stereocenters. The molecule has 0 bridgehead atoms. The highest BCUT2D eigenvalue weighted by molar-refractivity contribution is 9.10. The topological polar surface area (TPSA) is 49.8 Å². The summed E-state index contributed by atoms with van der Waals surface area (Å²) >= 11 is 10.8. The second-order valence-corrected chi connectivity index (χ2v) is 5.74. The predicted molar refractivity (Wildman–Crippen MR) is 80.1 cm³/mol. The van der Waals surface area contributed by atoms with E-state index in [4.69, 9.17) is 17.3 Å². The minimum Gasteiger partial charge on any atom is -0.397 e. The molecule has 0 aliphatic rings. The maximum Gasteiger partial charge on any atom is 0.103 e. The van der Waals surface area contributed by atoms with Gasteiger partial charge in [-0.2, -0.15) is 5.26 Å². The Morgan fingerprint density at radius 2 is 2.17 bits per heavy atom. The Kier molecular flexibility index (Phi) is 4.07. The van der Waals surface area contributed by atoms with E-state index in [0.29, 0.717) is 16.3 Å². The molecule has 2 aromatic rings. The summed E-state index contributed by atoms with van der Waals surface area (Å²) in [6, 6.07) is 11.2. The molecule has 0 aliphatic heterocycles. The van der Waals surface area contributed by atoms with Crippen LogP contribution in [0.5, 0.6) is 0 Å². The summed E-state index contributed by atoms with van der Waals surface area (Å²) < 4.78 is 0.775. The number of thiophene rings is 1. The molecule has 0 aliphatic carbocycles. The average Bonchev–Trinajstić information content (AvgIpc) is 2.83. The smallest absolute Gasteiger partial charge is 0.103 e. The summed E-state index contributed by atoms with van der Waals surface area (Å²) in [4.78, 5) is 0.858. The average molecular weight is 340 g/mol. The van der Waals surface area contributed by atoms with Gasteiger partial charge in [0, 0.05) is 19.9 Å². The van der Waals surface area contributed by atoms with Crippen molar-refractivity contribution in [2.24, 2.45) is 5.73 Å². The molecule has 1 heterocycles. The molecule has 0 saturated heterocycles. The SMILES string of the molecule is N#C/C(=C(/N)c1ccc(Cl)cc1Br)c1cccs1. The summed E-state index contributed by atoms with van der Waals surface area (Å²) in [5, 5.41) is 11.8. The molecule has 0 saturated carbocycles. The van der Waals surface area contributed by atoms with Gasteiger partial charge >= 0.3 is 0 Å². The van der Waals surface area contributed by atoms with Crippen molar-refractivity contribution in [2.75, 3.05) is 0 Å². The first-order chi connectivity index (χ1) is 8.63. The van der Waals surface area contributed by atoms with E-state index in [-0.39, 0.29) is 0 Å². The molecule has 0 fully saturated rings. The third-order valence-corrected chi connectivity index (χ3v) is 4.15. The number of halogens is 2. The van der Waals surface area contributed by atoms with Crippen LogP contribution in [0.15, 0.2) is 40.2 Å². The molecule has 90 valence electrons. The van der Waals surface area contributed by atoms with Crippen LogP contribution in [0, 0.1) is 11.3 Å².